The van der Waals surface area contributed by atoms with Crippen molar-refractivity contribution in [3.05, 3.63) is 76.6 Å². The standard InChI is InChI=1S/C27H33N5/c1-16(2)22-13-9-11-18(5)24(22)30-20(7)26-28-15-29-27(32-26)21(8)31-25-19(6)12-10-14-23(25)17(3)4/h9-17H,1-8H3. The molecule has 3 rings (SSSR count). The molecule has 0 aliphatic rings. The summed E-state index contributed by atoms with van der Waals surface area (Å²) in [5.41, 5.74) is 8.23. The molecule has 3 aromatic rings. The monoisotopic (exact) mass is 427 g/mol. The molecule has 0 radical (unpaired) electrons. The molecule has 0 unspecified atom stereocenters. The van der Waals surface area contributed by atoms with Crippen molar-refractivity contribution >= 4 is 22.8 Å². The fourth-order valence-corrected chi connectivity index (χ4v) is 3.68. The smallest absolute Gasteiger partial charge is 0.177 e. The SMILES string of the molecule is CC(=Nc1c(C)cccc1C(C)C)c1ncnc(C(C)=Nc2c(C)cccc2C(C)C)n1. The van der Waals surface area contributed by atoms with Crippen LogP contribution in [0.5, 0.6) is 0 Å². The number of hydrogen-bond acceptors (Lipinski definition) is 5. The molecule has 0 N–H and O–H groups in total. The first-order valence-electron chi connectivity index (χ1n) is 11.2. The van der Waals surface area contributed by atoms with Crippen LogP contribution < -0.4 is 0 Å². The highest BCUT2D eigenvalue weighted by Crippen LogP contribution is 2.31. The highest BCUT2D eigenvalue weighted by Gasteiger charge is 2.13. The Kier molecular flexibility index (Phi) is 7.29. The van der Waals surface area contributed by atoms with Crippen LogP contribution in [0.1, 0.15) is 87.3 Å². The minimum absolute atomic E-state index is 0.383. The van der Waals surface area contributed by atoms with Gasteiger partial charge in [0.1, 0.15) is 6.33 Å². The Balaban J connectivity index is 2.02. The minimum atomic E-state index is 0.383. The van der Waals surface area contributed by atoms with E-state index in [9.17, 15) is 0 Å². The molecule has 0 atom stereocenters. The molecule has 0 amide bonds. The second-order valence-electron chi connectivity index (χ2n) is 8.86. The quantitative estimate of drug-likeness (QED) is 0.397. The van der Waals surface area contributed by atoms with Crippen molar-refractivity contribution in [3.8, 4) is 0 Å². The molecule has 5 nitrogen and oxygen atoms in total. The number of benzene rings is 2. The first-order valence-corrected chi connectivity index (χ1v) is 11.2. The normalized spacial score (nSPS) is 12.7. The zero-order valence-electron chi connectivity index (χ0n) is 20.4. The topological polar surface area (TPSA) is 63.4 Å². The van der Waals surface area contributed by atoms with Crippen molar-refractivity contribution in [1.82, 2.24) is 15.0 Å². The molecule has 2 aromatic carbocycles. The van der Waals surface area contributed by atoms with Gasteiger partial charge in [-0.25, -0.2) is 24.9 Å². The molecule has 0 fully saturated rings. The average molecular weight is 428 g/mol. The van der Waals surface area contributed by atoms with Gasteiger partial charge in [0, 0.05) is 0 Å². The molecule has 32 heavy (non-hydrogen) atoms. The van der Waals surface area contributed by atoms with Gasteiger partial charge in [0.15, 0.2) is 11.6 Å². The predicted octanol–water partition coefficient (Wildman–Crippen LogP) is 7.02. The molecule has 1 aromatic heterocycles. The third-order valence-electron chi connectivity index (χ3n) is 5.56. The van der Waals surface area contributed by atoms with E-state index in [0.29, 0.717) is 23.5 Å². The van der Waals surface area contributed by atoms with Crippen molar-refractivity contribution in [1.29, 1.82) is 0 Å². The van der Waals surface area contributed by atoms with Crippen LogP contribution in [0, 0.1) is 13.8 Å². The summed E-state index contributed by atoms with van der Waals surface area (Å²) in [4.78, 5) is 23.3. The van der Waals surface area contributed by atoms with Crippen molar-refractivity contribution in [2.75, 3.05) is 0 Å². The number of aliphatic imine (C=N–C) groups is 2. The first-order chi connectivity index (χ1) is 15.2. The lowest BCUT2D eigenvalue weighted by Gasteiger charge is -2.13. The van der Waals surface area contributed by atoms with E-state index in [4.69, 9.17) is 9.98 Å². The Bertz CT molecular complexity index is 1080. The van der Waals surface area contributed by atoms with Crippen LogP contribution in [0.2, 0.25) is 0 Å². The molecule has 0 aliphatic carbocycles. The number of para-hydroxylation sites is 2. The van der Waals surface area contributed by atoms with Crippen LogP contribution in [0.25, 0.3) is 0 Å². The zero-order chi connectivity index (χ0) is 23.4. The molecule has 0 spiro atoms. The Morgan fingerprint density at radius 2 is 1.09 bits per heavy atom. The lowest BCUT2D eigenvalue weighted by Crippen LogP contribution is -2.10. The molecule has 166 valence electrons. The minimum Gasteiger partial charge on any atom is -0.249 e. The van der Waals surface area contributed by atoms with E-state index >= 15 is 0 Å². The second-order valence-corrected chi connectivity index (χ2v) is 8.86. The van der Waals surface area contributed by atoms with E-state index in [1.807, 2.05) is 13.8 Å². The number of hydrogen-bond donors (Lipinski definition) is 0. The third-order valence-corrected chi connectivity index (χ3v) is 5.56. The van der Waals surface area contributed by atoms with Crippen LogP contribution in [0.4, 0.5) is 11.4 Å². The van der Waals surface area contributed by atoms with Gasteiger partial charge in [0.05, 0.1) is 22.8 Å². The fraction of sp³-hybridized carbons (Fsp3) is 0.370. The molecule has 1 heterocycles. The van der Waals surface area contributed by atoms with Gasteiger partial charge in [0.25, 0.3) is 0 Å². The predicted molar refractivity (Wildman–Crippen MR) is 134 cm³/mol. The summed E-state index contributed by atoms with van der Waals surface area (Å²) in [6, 6.07) is 12.6. The van der Waals surface area contributed by atoms with Gasteiger partial charge in [0.2, 0.25) is 0 Å². The lowest BCUT2D eigenvalue weighted by atomic mass is 9.98. The summed E-state index contributed by atoms with van der Waals surface area (Å²) in [5.74, 6) is 1.90. The highest BCUT2D eigenvalue weighted by atomic mass is 15.0. The summed E-state index contributed by atoms with van der Waals surface area (Å²) in [5, 5.41) is 0. The maximum Gasteiger partial charge on any atom is 0.177 e. The van der Waals surface area contributed by atoms with Gasteiger partial charge in [-0.3, -0.25) is 0 Å². The summed E-state index contributed by atoms with van der Waals surface area (Å²) < 4.78 is 0. The summed E-state index contributed by atoms with van der Waals surface area (Å²) in [7, 11) is 0. The number of aromatic nitrogens is 3. The zero-order valence-corrected chi connectivity index (χ0v) is 20.4. The first kappa shape index (κ1) is 23.5. The lowest BCUT2D eigenvalue weighted by molar-refractivity contribution is 0.864. The van der Waals surface area contributed by atoms with Crippen LogP contribution >= 0.6 is 0 Å². The molecule has 5 heteroatoms. The maximum absolute atomic E-state index is 4.91. The Morgan fingerprint density at radius 3 is 1.47 bits per heavy atom. The van der Waals surface area contributed by atoms with Crippen LogP contribution in [0.3, 0.4) is 0 Å². The van der Waals surface area contributed by atoms with E-state index in [1.165, 1.54) is 17.5 Å². The van der Waals surface area contributed by atoms with Gasteiger partial charge in [-0.1, -0.05) is 64.1 Å². The van der Waals surface area contributed by atoms with Crippen molar-refractivity contribution in [2.24, 2.45) is 9.98 Å². The molecular formula is C27H33N5. The fourth-order valence-electron chi connectivity index (χ4n) is 3.68. The second kappa shape index (κ2) is 9.94. The molecule has 0 bridgehead atoms. The van der Waals surface area contributed by atoms with Crippen LogP contribution in [-0.2, 0) is 0 Å². The molecule has 0 saturated carbocycles. The number of rotatable bonds is 6. The van der Waals surface area contributed by atoms with Gasteiger partial charge in [-0.2, -0.15) is 0 Å². The van der Waals surface area contributed by atoms with E-state index < -0.39 is 0 Å². The molecular weight excluding hydrogens is 394 g/mol. The number of aryl methyl sites for hydroxylation is 2. The average Bonchev–Trinajstić information content (AvgIpc) is 2.76. The van der Waals surface area contributed by atoms with Gasteiger partial charge in [-0.05, 0) is 61.8 Å². The van der Waals surface area contributed by atoms with E-state index in [2.05, 4.69) is 92.9 Å². The molecule has 0 saturated heterocycles. The Morgan fingerprint density at radius 1 is 0.688 bits per heavy atom. The van der Waals surface area contributed by atoms with E-state index in [0.717, 1.165) is 33.9 Å². The van der Waals surface area contributed by atoms with Crippen molar-refractivity contribution in [2.45, 2.75) is 67.2 Å². The summed E-state index contributed by atoms with van der Waals surface area (Å²) >= 11 is 0. The Hall–Kier alpha value is -3.21. The summed E-state index contributed by atoms with van der Waals surface area (Å²) in [6.07, 6.45) is 1.54. The van der Waals surface area contributed by atoms with E-state index in [1.54, 1.807) is 0 Å². The van der Waals surface area contributed by atoms with Crippen molar-refractivity contribution < 1.29 is 0 Å². The Labute approximate surface area is 191 Å². The van der Waals surface area contributed by atoms with Gasteiger partial charge in [-0.15, -0.1) is 0 Å². The largest absolute Gasteiger partial charge is 0.249 e. The third kappa shape index (κ3) is 5.16. The van der Waals surface area contributed by atoms with Crippen LogP contribution in [-0.4, -0.2) is 26.4 Å². The van der Waals surface area contributed by atoms with Gasteiger partial charge >= 0.3 is 0 Å². The maximum atomic E-state index is 4.91. The van der Waals surface area contributed by atoms with Crippen molar-refractivity contribution in [3.63, 3.8) is 0 Å². The molecule has 0 aliphatic heterocycles. The van der Waals surface area contributed by atoms with Gasteiger partial charge < -0.3 is 0 Å². The van der Waals surface area contributed by atoms with Crippen LogP contribution in [0.15, 0.2) is 52.7 Å². The van der Waals surface area contributed by atoms with E-state index in [-0.39, 0.29) is 0 Å². The summed E-state index contributed by atoms with van der Waals surface area (Å²) in [6.45, 7) is 16.8. The number of nitrogens with zero attached hydrogens (tertiary/aromatic N) is 5. The highest BCUT2D eigenvalue weighted by molar-refractivity contribution is 6.00.